The van der Waals surface area contributed by atoms with Crippen LogP contribution in [0.4, 0.5) is 45.5 Å². The zero-order valence-corrected chi connectivity index (χ0v) is 51.7. The van der Waals surface area contributed by atoms with E-state index in [2.05, 4.69) is 366 Å². The fourth-order valence-electron chi connectivity index (χ4n) is 12.3. The van der Waals surface area contributed by atoms with Crippen LogP contribution in [0.2, 0.25) is 0 Å². The Bertz CT molecular complexity index is 4200. The third-order valence-electron chi connectivity index (χ3n) is 17.1. The molecule has 3 nitrogen and oxygen atoms in total. The van der Waals surface area contributed by atoms with Gasteiger partial charge in [-0.1, -0.05) is 265 Å². The maximum absolute atomic E-state index is 2.50. The largest absolute Gasteiger partial charge is 0.337 e. The first-order valence-electron chi connectivity index (χ1n) is 31.1. The van der Waals surface area contributed by atoms with Crippen LogP contribution in [0.1, 0.15) is 45.9 Å². The smallest absolute Gasteiger partial charge is 0.0503 e. The molecule has 0 fully saturated rings. The van der Waals surface area contributed by atoms with Gasteiger partial charge in [0.15, 0.2) is 0 Å². The molecule has 89 heavy (non-hydrogen) atoms. The van der Waals surface area contributed by atoms with Gasteiger partial charge in [0.25, 0.3) is 0 Å². The van der Waals surface area contributed by atoms with Gasteiger partial charge in [-0.3, -0.25) is 0 Å². The minimum Gasteiger partial charge on any atom is -0.337 e. The summed E-state index contributed by atoms with van der Waals surface area (Å²) in [5.41, 5.74) is 31.3. The number of aryl methyl sites for hydroxylation is 6. The monoisotopic (exact) mass is 1150 g/mol. The van der Waals surface area contributed by atoms with Gasteiger partial charge < -0.3 is 14.7 Å². The van der Waals surface area contributed by atoms with E-state index in [-0.39, 0.29) is 0 Å². The highest BCUT2D eigenvalue weighted by Crippen LogP contribution is 2.46. The molecule has 0 N–H and O–H groups in total. The van der Waals surface area contributed by atoms with Crippen molar-refractivity contribution in [2.75, 3.05) is 14.7 Å². The lowest BCUT2D eigenvalue weighted by molar-refractivity contribution is 0.974. The maximum atomic E-state index is 2.50. The number of hydrogen-bond acceptors (Lipinski definition) is 3. The molecule has 0 spiro atoms. The van der Waals surface area contributed by atoms with E-state index >= 15 is 0 Å². The normalized spacial score (nSPS) is 11.1. The third kappa shape index (κ3) is 13.0. The average molecular weight is 1150 g/mol. The topological polar surface area (TPSA) is 9.72 Å². The Kier molecular flexibility index (Phi) is 16.5. The molecule has 3 heteroatoms. The van der Waals surface area contributed by atoms with Crippen LogP contribution >= 0.6 is 0 Å². The van der Waals surface area contributed by atoms with Gasteiger partial charge in [0, 0.05) is 40.7 Å². The van der Waals surface area contributed by atoms with Crippen LogP contribution in [-0.4, -0.2) is 0 Å². The minimum absolute atomic E-state index is 0.606. The van der Waals surface area contributed by atoms with Gasteiger partial charge in [-0.2, -0.15) is 0 Å². The lowest BCUT2D eigenvalue weighted by Crippen LogP contribution is -2.19. The number of rotatable bonds is 17. The molecule has 13 aromatic carbocycles. The number of nitrogens with zero attached hydrogens (tertiary/aromatic N) is 3. The van der Waals surface area contributed by atoms with Gasteiger partial charge in [0.1, 0.15) is 0 Å². The predicted molar refractivity (Wildman–Crippen MR) is 380 cm³/mol. The van der Waals surface area contributed by atoms with Crippen LogP contribution in [0.15, 0.2) is 309 Å². The molecule has 0 saturated heterocycles. The van der Waals surface area contributed by atoms with Crippen molar-refractivity contribution in [1.29, 1.82) is 0 Å². The number of hydrogen-bond donors (Lipinski definition) is 0. The maximum Gasteiger partial charge on any atom is 0.0503 e. The summed E-state index contributed by atoms with van der Waals surface area (Å²) in [5.74, 6) is 0. The van der Waals surface area contributed by atoms with Gasteiger partial charge in [-0.05, 0) is 198 Å². The molecular weight excluding hydrogens is 1070 g/mol. The molecule has 0 aromatic heterocycles. The second-order valence-electron chi connectivity index (χ2n) is 23.8. The second-order valence-corrected chi connectivity index (χ2v) is 23.8. The molecule has 13 rings (SSSR count). The van der Waals surface area contributed by atoms with Crippen LogP contribution in [0.5, 0.6) is 0 Å². The van der Waals surface area contributed by atoms with Crippen LogP contribution in [0, 0.1) is 34.6 Å². The van der Waals surface area contributed by atoms with Crippen molar-refractivity contribution in [3.8, 4) is 66.8 Å². The lowest BCUT2D eigenvalue weighted by atomic mass is 10.0. The van der Waals surface area contributed by atoms with Crippen molar-refractivity contribution < 1.29 is 0 Å². The Morgan fingerprint density at radius 2 is 0.461 bits per heavy atom. The molecule has 13 aromatic rings. The van der Waals surface area contributed by atoms with Gasteiger partial charge in [-0.25, -0.2) is 0 Å². The van der Waals surface area contributed by atoms with Crippen molar-refractivity contribution in [3.05, 3.63) is 348 Å². The van der Waals surface area contributed by atoms with Crippen LogP contribution < -0.4 is 14.7 Å². The fourth-order valence-corrected chi connectivity index (χ4v) is 12.3. The van der Waals surface area contributed by atoms with E-state index < -0.39 is 0 Å². The Labute approximate surface area is 526 Å². The SMILES string of the molecule is CCc1cccc(-c2ccc(N(Cc3ccc(-c4cccc(C)c4)cc3)c3cc(N(c4ccc(-c5cccc(C)c5)cc4)c4ccc(-c5cccc(C)c5)cc4)cc(N(c4ccc(-c5cccc(C)c5)cc4)c4ccc(-c5cccc(C)c5)cc4)c3)cc2)c1. The summed E-state index contributed by atoms with van der Waals surface area (Å²) >= 11 is 0. The molecule has 0 heterocycles. The standard InChI is InChI=1S/C86H73N3/c1-7-65-19-13-25-78(55-65)72-30-40-79(41-31-72)87(59-66-26-28-67(29-27-66)73-20-8-14-60(2)50-73)84-56-85(88(80-42-32-68(33-43-80)74-21-9-15-61(3)51-74)81-44-34-69(35-45-81)75-22-10-16-62(4)52-75)58-86(57-84)89(82-46-36-70(37-47-82)76-23-11-17-63(5)53-76)83-48-38-71(39-49-83)77-24-12-18-64(6)54-77/h8-58H,7,59H2,1-6H3. The van der Waals surface area contributed by atoms with E-state index in [0.29, 0.717) is 6.54 Å². The Morgan fingerprint density at radius 3 is 0.753 bits per heavy atom. The summed E-state index contributed by atoms with van der Waals surface area (Å²) < 4.78 is 0. The summed E-state index contributed by atoms with van der Waals surface area (Å²) in [6.45, 7) is 13.6. The summed E-state index contributed by atoms with van der Waals surface area (Å²) in [4.78, 5) is 7.37. The van der Waals surface area contributed by atoms with Crippen molar-refractivity contribution in [1.82, 2.24) is 0 Å². The predicted octanol–water partition coefficient (Wildman–Crippen LogP) is 24.1. The Balaban J connectivity index is 1.04. The highest BCUT2D eigenvalue weighted by Gasteiger charge is 2.23. The molecule has 0 radical (unpaired) electrons. The first-order chi connectivity index (χ1) is 43.5. The second kappa shape index (κ2) is 25.7. The zero-order valence-electron chi connectivity index (χ0n) is 51.7. The summed E-state index contributed by atoms with van der Waals surface area (Å²) in [5, 5.41) is 0. The van der Waals surface area contributed by atoms with Crippen molar-refractivity contribution in [2.24, 2.45) is 0 Å². The molecule has 0 atom stereocenters. The molecular formula is C86H73N3. The van der Waals surface area contributed by atoms with E-state index in [1.807, 2.05) is 0 Å². The van der Waals surface area contributed by atoms with Crippen LogP contribution in [-0.2, 0) is 13.0 Å². The lowest BCUT2D eigenvalue weighted by Gasteiger charge is -2.33. The van der Waals surface area contributed by atoms with Crippen LogP contribution in [0.3, 0.4) is 0 Å². The molecule has 0 amide bonds. The Morgan fingerprint density at radius 1 is 0.202 bits per heavy atom. The highest BCUT2D eigenvalue weighted by molar-refractivity contribution is 5.89. The van der Waals surface area contributed by atoms with Crippen molar-refractivity contribution in [3.63, 3.8) is 0 Å². The third-order valence-corrected chi connectivity index (χ3v) is 17.1. The average Bonchev–Trinajstić information content (AvgIpc) is 1.15. The molecule has 0 bridgehead atoms. The molecule has 432 valence electrons. The molecule has 0 aliphatic heterocycles. The quantitative estimate of drug-likeness (QED) is 0.0900. The van der Waals surface area contributed by atoms with Crippen LogP contribution in [0.25, 0.3) is 66.8 Å². The zero-order chi connectivity index (χ0) is 60.8. The van der Waals surface area contributed by atoms with E-state index in [9.17, 15) is 0 Å². The fraction of sp³-hybridized carbons (Fsp3) is 0.0930. The minimum atomic E-state index is 0.606. The van der Waals surface area contributed by atoms with Gasteiger partial charge in [0.05, 0.1) is 11.4 Å². The molecule has 0 aliphatic carbocycles. The first kappa shape index (κ1) is 57.3. The summed E-state index contributed by atoms with van der Waals surface area (Å²) in [6, 6.07) is 115. The number of benzene rings is 13. The number of anilines is 8. The van der Waals surface area contributed by atoms with Gasteiger partial charge in [0.2, 0.25) is 0 Å². The van der Waals surface area contributed by atoms with E-state index in [4.69, 9.17) is 0 Å². The highest BCUT2D eigenvalue weighted by atomic mass is 15.2. The molecule has 0 saturated carbocycles. The van der Waals surface area contributed by atoms with Crippen molar-refractivity contribution >= 4 is 45.5 Å². The molecule has 0 aliphatic rings. The van der Waals surface area contributed by atoms with Crippen molar-refractivity contribution in [2.45, 2.75) is 54.5 Å². The van der Waals surface area contributed by atoms with E-state index in [1.54, 1.807) is 0 Å². The summed E-state index contributed by atoms with van der Waals surface area (Å²) in [7, 11) is 0. The Hall–Kier alpha value is -10.7. The van der Waals surface area contributed by atoms with Gasteiger partial charge in [-0.15, -0.1) is 0 Å². The first-order valence-corrected chi connectivity index (χ1v) is 31.1. The van der Waals surface area contributed by atoms with E-state index in [1.165, 1.54) is 106 Å². The summed E-state index contributed by atoms with van der Waals surface area (Å²) in [6.07, 6.45) is 0.983. The van der Waals surface area contributed by atoms with E-state index in [0.717, 1.165) is 51.9 Å². The van der Waals surface area contributed by atoms with Gasteiger partial charge >= 0.3 is 0 Å². The molecule has 0 unspecified atom stereocenters.